The fraction of sp³-hybridized carbons (Fsp3) is 0.250. The summed E-state index contributed by atoms with van der Waals surface area (Å²) in [4.78, 5) is 25.7. The summed E-state index contributed by atoms with van der Waals surface area (Å²) < 4.78 is 24.3. The minimum atomic E-state index is -3.34. The number of carbonyl (C=O) groups excluding carboxylic acids is 1. The Hall–Kier alpha value is -4.44. The molecule has 1 spiro atoms. The van der Waals surface area contributed by atoms with Gasteiger partial charge in [-0.15, -0.1) is 0 Å². The van der Waals surface area contributed by atoms with Crippen molar-refractivity contribution < 1.29 is 13.2 Å². The van der Waals surface area contributed by atoms with Crippen molar-refractivity contribution >= 4 is 33.5 Å². The van der Waals surface area contributed by atoms with Crippen molar-refractivity contribution in [3.05, 3.63) is 131 Å². The molecule has 45 heavy (non-hydrogen) atoms. The number of amidine groups is 1. The molecule has 0 fully saturated rings. The van der Waals surface area contributed by atoms with Gasteiger partial charge in [-0.25, -0.2) is 18.4 Å². The second-order valence-corrected chi connectivity index (χ2v) is 14.0. The van der Waals surface area contributed by atoms with Gasteiger partial charge in [0, 0.05) is 17.9 Å². The van der Waals surface area contributed by atoms with E-state index in [1.807, 2.05) is 30.5 Å². The number of anilines is 1. The molecular weight excluding hydrogens is 582 g/mol. The Morgan fingerprint density at radius 3 is 2.31 bits per heavy atom. The van der Waals surface area contributed by atoms with Crippen LogP contribution in [-0.4, -0.2) is 42.6 Å². The zero-order chi connectivity index (χ0) is 31.9. The quantitative estimate of drug-likeness (QED) is 0.313. The molecule has 2 heterocycles. The third-order valence-electron chi connectivity index (χ3n) is 8.90. The Morgan fingerprint density at radius 2 is 1.64 bits per heavy atom. The number of carbonyl (C=O) groups is 1. The number of aryl methyl sites for hydroxylation is 1. The van der Waals surface area contributed by atoms with Crippen LogP contribution in [0.4, 0.5) is 5.69 Å². The minimum Gasteiger partial charge on any atom is -0.324 e. The Labute approximate surface area is 264 Å². The molecule has 0 aromatic heterocycles. The molecule has 8 nitrogen and oxygen atoms in total. The molecule has 3 N–H and O–H groups in total. The third-order valence-corrected chi connectivity index (χ3v) is 10.6. The molecule has 3 unspecified atom stereocenters. The Kier molecular flexibility index (Phi) is 8.03. The van der Waals surface area contributed by atoms with Gasteiger partial charge in [0.2, 0.25) is 5.91 Å². The lowest BCUT2D eigenvalue weighted by Crippen LogP contribution is -2.53. The van der Waals surface area contributed by atoms with Gasteiger partial charge in [0.25, 0.3) is 0 Å². The zero-order valence-corrected chi connectivity index (χ0v) is 26.6. The summed E-state index contributed by atoms with van der Waals surface area (Å²) in [6.07, 6.45) is 10.1. The smallest absolute Gasteiger partial charge is 0.245 e. The maximum atomic E-state index is 13.1. The Bertz CT molecular complexity index is 1890. The number of aliphatic imine (C=N–C) groups is 2. The first-order valence-corrected chi connectivity index (χ1v) is 16.7. The molecule has 3 aromatic rings. The summed E-state index contributed by atoms with van der Waals surface area (Å²) in [5.74, 6) is 0.367. The second kappa shape index (κ2) is 11.8. The Balaban J connectivity index is 1.27. The number of nitrogens with zero attached hydrogens (tertiary/aromatic N) is 3. The number of nitrogens with one attached hydrogen (secondary N) is 1. The van der Waals surface area contributed by atoms with Crippen molar-refractivity contribution in [1.29, 1.82) is 0 Å². The van der Waals surface area contributed by atoms with E-state index in [9.17, 15) is 13.2 Å². The van der Waals surface area contributed by atoms with Gasteiger partial charge in [0.1, 0.15) is 17.7 Å². The number of hydrogen-bond donors (Lipinski definition) is 2. The molecule has 3 aromatic carbocycles. The number of amides is 1. The third kappa shape index (κ3) is 5.41. The molecule has 1 aliphatic carbocycles. The summed E-state index contributed by atoms with van der Waals surface area (Å²) in [5, 5.41) is 2.90. The largest absolute Gasteiger partial charge is 0.324 e. The Morgan fingerprint density at radius 1 is 0.978 bits per heavy atom. The highest BCUT2D eigenvalue weighted by Gasteiger charge is 2.54. The van der Waals surface area contributed by atoms with Crippen molar-refractivity contribution in [1.82, 2.24) is 4.90 Å². The maximum absolute atomic E-state index is 13.1. The van der Waals surface area contributed by atoms with E-state index in [1.54, 1.807) is 19.1 Å². The summed E-state index contributed by atoms with van der Waals surface area (Å²) in [5.41, 5.74) is 12.4. The van der Waals surface area contributed by atoms with Gasteiger partial charge in [0.15, 0.2) is 15.7 Å². The van der Waals surface area contributed by atoms with Gasteiger partial charge in [-0.3, -0.25) is 9.69 Å². The summed E-state index contributed by atoms with van der Waals surface area (Å²) >= 11 is 0. The standard InChI is InChI=1S/C36H37N5O3S/c1-5-45(43,44)30-19-15-27(16-20-30)32(37)34(42)39-29-17-13-28(14-18-29)33-40-35-36(21-7-6-8-31(36)24(3)22-38-35)41(33)25(4)26-11-9-23(2)10-12-26/h6-22,25,32-33H,5,37H2,1-4H3,(H,39,42)/t25-,32?,33?,36?/m0/s1. The van der Waals surface area contributed by atoms with E-state index in [1.165, 1.54) is 28.8 Å². The molecule has 0 saturated heterocycles. The molecule has 0 saturated carbocycles. The van der Waals surface area contributed by atoms with E-state index in [2.05, 4.69) is 79.6 Å². The van der Waals surface area contributed by atoms with E-state index in [0.29, 0.717) is 11.3 Å². The average molecular weight is 620 g/mol. The maximum Gasteiger partial charge on any atom is 0.245 e. The minimum absolute atomic E-state index is 0.000167. The first-order chi connectivity index (χ1) is 21.5. The molecule has 0 bridgehead atoms. The van der Waals surface area contributed by atoms with E-state index in [0.717, 1.165) is 17.0 Å². The lowest BCUT2D eigenvalue weighted by atomic mass is 9.78. The van der Waals surface area contributed by atoms with Crippen LogP contribution in [0, 0.1) is 6.92 Å². The SMILES string of the molecule is CCS(=O)(=O)c1ccc(C(N)C(=O)Nc2ccc(C3N=C4N=CC(C)=C5C=CC=CC45N3[C@@H](C)c3ccc(C)cc3)cc2)cc1. The number of sulfone groups is 1. The number of dihydropyridines is 1. The first kappa shape index (κ1) is 30.6. The fourth-order valence-corrected chi connectivity index (χ4v) is 7.16. The van der Waals surface area contributed by atoms with Crippen LogP contribution in [-0.2, 0) is 14.6 Å². The lowest BCUT2D eigenvalue weighted by Gasteiger charge is -2.45. The van der Waals surface area contributed by atoms with Crippen molar-refractivity contribution in [2.24, 2.45) is 15.7 Å². The van der Waals surface area contributed by atoms with Gasteiger partial charge in [-0.1, -0.05) is 85.3 Å². The highest BCUT2D eigenvalue weighted by Crippen LogP contribution is 2.51. The zero-order valence-electron chi connectivity index (χ0n) is 25.8. The number of benzene rings is 3. The molecule has 4 atom stereocenters. The van der Waals surface area contributed by atoms with Gasteiger partial charge in [0.05, 0.1) is 10.6 Å². The van der Waals surface area contributed by atoms with Crippen LogP contribution in [0.1, 0.15) is 61.3 Å². The lowest BCUT2D eigenvalue weighted by molar-refractivity contribution is -0.117. The highest BCUT2D eigenvalue weighted by atomic mass is 32.2. The molecular formula is C36H37N5O3S. The van der Waals surface area contributed by atoms with Crippen LogP contribution in [0.3, 0.4) is 0 Å². The monoisotopic (exact) mass is 619 g/mol. The van der Waals surface area contributed by atoms with E-state index in [4.69, 9.17) is 15.7 Å². The number of nitrogens with two attached hydrogens (primary N) is 1. The fourth-order valence-electron chi connectivity index (χ4n) is 6.28. The molecule has 0 radical (unpaired) electrons. The molecule has 6 rings (SSSR count). The van der Waals surface area contributed by atoms with Crippen LogP contribution in [0.5, 0.6) is 0 Å². The number of hydrogen-bond acceptors (Lipinski definition) is 7. The molecule has 9 heteroatoms. The van der Waals surface area contributed by atoms with Crippen LogP contribution in [0.25, 0.3) is 0 Å². The number of allylic oxidation sites excluding steroid dienone is 3. The summed E-state index contributed by atoms with van der Waals surface area (Å²) in [7, 11) is -3.34. The van der Waals surface area contributed by atoms with Crippen LogP contribution >= 0.6 is 0 Å². The average Bonchev–Trinajstić information content (AvgIpc) is 3.38. The normalized spacial score (nSPS) is 22.1. The van der Waals surface area contributed by atoms with Gasteiger partial charge in [-0.2, -0.15) is 0 Å². The molecule has 1 amide bonds. The van der Waals surface area contributed by atoms with Crippen molar-refractivity contribution in [2.75, 3.05) is 11.1 Å². The van der Waals surface area contributed by atoms with Crippen LogP contribution in [0.15, 0.2) is 123 Å². The van der Waals surface area contributed by atoms with E-state index in [-0.39, 0.29) is 22.9 Å². The van der Waals surface area contributed by atoms with Crippen LogP contribution < -0.4 is 11.1 Å². The molecule has 3 aliphatic rings. The van der Waals surface area contributed by atoms with Gasteiger partial charge in [-0.05, 0) is 72.9 Å². The second-order valence-electron chi connectivity index (χ2n) is 11.7. The first-order valence-electron chi connectivity index (χ1n) is 15.1. The summed E-state index contributed by atoms with van der Waals surface area (Å²) in [6, 6.07) is 21.5. The predicted octanol–water partition coefficient (Wildman–Crippen LogP) is 6.17. The predicted molar refractivity (Wildman–Crippen MR) is 180 cm³/mol. The van der Waals surface area contributed by atoms with Crippen molar-refractivity contribution in [3.63, 3.8) is 0 Å². The topological polar surface area (TPSA) is 117 Å². The van der Waals surface area contributed by atoms with Gasteiger partial charge < -0.3 is 11.1 Å². The molecule has 2 aliphatic heterocycles. The van der Waals surface area contributed by atoms with Gasteiger partial charge >= 0.3 is 0 Å². The highest BCUT2D eigenvalue weighted by molar-refractivity contribution is 7.91. The number of rotatable bonds is 8. The van der Waals surface area contributed by atoms with E-state index >= 15 is 0 Å². The van der Waals surface area contributed by atoms with Crippen molar-refractivity contribution in [3.8, 4) is 0 Å². The van der Waals surface area contributed by atoms with E-state index < -0.39 is 27.3 Å². The molecule has 230 valence electrons. The van der Waals surface area contributed by atoms with Crippen molar-refractivity contribution in [2.45, 2.75) is 56.4 Å². The van der Waals surface area contributed by atoms with Crippen LogP contribution in [0.2, 0.25) is 0 Å². The summed E-state index contributed by atoms with van der Waals surface area (Å²) in [6.45, 7) is 7.98.